The van der Waals surface area contributed by atoms with Crippen LogP contribution in [0.5, 0.6) is 0 Å². The molecular formula is C63H74N18O4. The van der Waals surface area contributed by atoms with Gasteiger partial charge in [0.05, 0.1) is 35.5 Å². The molecule has 0 radical (unpaired) electrons. The van der Waals surface area contributed by atoms with Crippen LogP contribution in [0.2, 0.25) is 0 Å². The quantitative estimate of drug-likeness (QED) is 0.0563. The van der Waals surface area contributed by atoms with Gasteiger partial charge in [-0.05, 0) is 122 Å². The Morgan fingerprint density at radius 3 is 1.61 bits per heavy atom. The van der Waals surface area contributed by atoms with E-state index < -0.39 is 11.2 Å². The van der Waals surface area contributed by atoms with Gasteiger partial charge in [-0.25, -0.2) is 38.7 Å². The second-order valence-electron chi connectivity index (χ2n) is 23.3. The second-order valence-corrected chi connectivity index (χ2v) is 23.3. The van der Waals surface area contributed by atoms with Crippen LogP contribution in [0.3, 0.4) is 0 Å². The van der Waals surface area contributed by atoms with Gasteiger partial charge in [-0.3, -0.25) is 9.59 Å². The highest BCUT2D eigenvalue weighted by molar-refractivity contribution is 5.98. The average molecular weight is 1150 g/mol. The van der Waals surface area contributed by atoms with E-state index in [1.165, 1.54) is 16.3 Å². The molecule has 8 aromatic heterocycles. The summed E-state index contributed by atoms with van der Waals surface area (Å²) in [7, 11) is 4.30. The third-order valence-electron chi connectivity index (χ3n) is 16.8. The second kappa shape index (κ2) is 22.6. The van der Waals surface area contributed by atoms with E-state index in [1.807, 2.05) is 18.2 Å². The van der Waals surface area contributed by atoms with Crippen molar-refractivity contribution in [2.24, 2.45) is 0 Å². The lowest BCUT2D eigenvalue weighted by Gasteiger charge is -2.34. The first-order valence-electron chi connectivity index (χ1n) is 29.2. The zero-order chi connectivity index (χ0) is 59.5. The SMILES string of the molecule is C=CCn1c(=O)c2cnc(Nc3cc(N4CCN(C)CC4)c4ccn(C(C)CCC(C)(O)c5cccc(-n6c7nc(Nc8cc(N9CCN(C)CC9)c9ccn(CC)c9c8)ncc7c(=O)n6CC=C)n5)c4c3)nc2n1-c1cccc(C(C)(C)O)n1. The molecule has 10 heterocycles. The van der Waals surface area contributed by atoms with Crippen molar-refractivity contribution < 1.29 is 10.2 Å². The molecule has 2 unspecified atom stereocenters. The first kappa shape index (κ1) is 56.5. The van der Waals surface area contributed by atoms with Crippen LogP contribution in [-0.2, 0) is 30.8 Å². The lowest BCUT2D eigenvalue weighted by Crippen LogP contribution is -2.44. The summed E-state index contributed by atoms with van der Waals surface area (Å²) in [6.45, 7) is 25.7. The van der Waals surface area contributed by atoms with Crippen molar-refractivity contribution in [1.29, 1.82) is 0 Å². The minimum atomic E-state index is -1.39. The van der Waals surface area contributed by atoms with E-state index in [4.69, 9.17) is 19.9 Å². The van der Waals surface area contributed by atoms with Gasteiger partial charge in [-0.1, -0.05) is 24.3 Å². The molecular weight excluding hydrogens is 1070 g/mol. The van der Waals surface area contributed by atoms with Crippen molar-refractivity contribution in [3.8, 4) is 11.6 Å². The summed E-state index contributed by atoms with van der Waals surface area (Å²) in [4.78, 5) is 66.7. The van der Waals surface area contributed by atoms with E-state index in [9.17, 15) is 19.8 Å². The molecule has 440 valence electrons. The topological polar surface area (TPSA) is 219 Å². The number of nitrogens with zero attached hydrogens (tertiary/aromatic N) is 16. The van der Waals surface area contributed by atoms with Crippen molar-refractivity contribution in [2.75, 3.05) is 86.9 Å². The first-order chi connectivity index (χ1) is 40.9. The number of benzene rings is 2. The Kier molecular flexibility index (Phi) is 15.0. The van der Waals surface area contributed by atoms with Crippen molar-refractivity contribution in [2.45, 2.75) is 84.3 Å². The standard InChI is InChI=1S/C63H74N18O4/c1-10-23-78-58(82)46-39-65-61(70-56(46)80(78)54-17-13-15-52(68-54)62(5,6)84)67-43-37-50(76-33-29-73(9)30-34-76)45-21-26-77(51(45)38-43)41(4)19-22-63(7,85)53-16-14-18-55(69-53)81-57-47(59(83)79(81)24-11-2)40-64-60(71-57)66-42-35-48-44(20-25-74(48)12-3)49(36-42)75-31-27-72(8)28-32-75/h10-11,13-18,20-21,25-26,35-41,84-85H,1-2,12,19,22-24,27-34H2,3-9H3,(H,64,66,71)(H,65,67,70). The summed E-state index contributed by atoms with van der Waals surface area (Å²) in [6, 6.07) is 23.6. The molecule has 85 heavy (non-hydrogen) atoms. The van der Waals surface area contributed by atoms with E-state index in [0.29, 0.717) is 63.9 Å². The Balaban J connectivity index is 0.840. The normalized spacial score (nSPS) is 15.8. The number of anilines is 6. The van der Waals surface area contributed by atoms with Crippen molar-refractivity contribution in [3.63, 3.8) is 0 Å². The smallest absolute Gasteiger partial charge is 0.278 e. The van der Waals surface area contributed by atoms with Crippen LogP contribution < -0.4 is 31.6 Å². The molecule has 2 aliphatic heterocycles. The van der Waals surface area contributed by atoms with Crippen LogP contribution in [0.25, 0.3) is 55.5 Å². The van der Waals surface area contributed by atoms with Crippen molar-refractivity contribution in [1.82, 2.24) is 67.6 Å². The fourth-order valence-electron chi connectivity index (χ4n) is 11.9. The van der Waals surface area contributed by atoms with Crippen molar-refractivity contribution >= 4 is 78.5 Å². The summed E-state index contributed by atoms with van der Waals surface area (Å²) >= 11 is 0. The van der Waals surface area contributed by atoms with E-state index in [1.54, 1.807) is 71.4 Å². The summed E-state index contributed by atoms with van der Waals surface area (Å²) in [6.07, 6.45) is 11.6. The number of aromatic nitrogens is 12. The number of likely N-dealkylation sites (N-methyl/N-ethyl adjacent to an activating group) is 2. The maximum Gasteiger partial charge on any atom is 0.278 e. The minimum absolute atomic E-state index is 0.0834. The number of nitrogens with one attached hydrogen (secondary N) is 2. The van der Waals surface area contributed by atoms with Gasteiger partial charge in [0, 0.05) is 123 Å². The van der Waals surface area contributed by atoms with E-state index >= 15 is 0 Å². The van der Waals surface area contributed by atoms with Gasteiger partial charge in [0.15, 0.2) is 22.9 Å². The number of hydrogen-bond acceptors (Lipinski definition) is 16. The van der Waals surface area contributed by atoms with Gasteiger partial charge in [0.1, 0.15) is 22.0 Å². The number of aliphatic hydroxyl groups is 2. The summed E-state index contributed by atoms with van der Waals surface area (Å²) < 4.78 is 10.9. The Labute approximate surface area is 492 Å². The molecule has 2 fully saturated rings. The molecule has 2 aromatic carbocycles. The highest BCUT2D eigenvalue weighted by Crippen LogP contribution is 2.38. The number of aryl methyl sites for hydroxylation is 1. The highest BCUT2D eigenvalue weighted by Gasteiger charge is 2.30. The molecule has 22 heteroatoms. The predicted molar refractivity (Wildman–Crippen MR) is 337 cm³/mol. The third-order valence-corrected chi connectivity index (χ3v) is 16.8. The lowest BCUT2D eigenvalue weighted by molar-refractivity contribution is 0.0375. The maximum absolute atomic E-state index is 14.2. The Bertz CT molecular complexity index is 4290. The molecule has 4 N–H and O–H groups in total. The van der Waals surface area contributed by atoms with Crippen LogP contribution in [0.1, 0.15) is 64.9 Å². The third kappa shape index (κ3) is 10.7. The summed E-state index contributed by atoms with van der Waals surface area (Å²) in [5.74, 6) is 1.43. The fraction of sp³-hybridized carbons (Fsp3) is 0.365. The molecule has 2 saturated heterocycles. The van der Waals surface area contributed by atoms with E-state index in [0.717, 1.165) is 98.1 Å². The van der Waals surface area contributed by atoms with Crippen LogP contribution >= 0.6 is 0 Å². The van der Waals surface area contributed by atoms with Gasteiger partial charge in [0.25, 0.3) is 11.1 Å². The van der Waals surface area contributed by atoms with Crippen molar-refractivity contribution in [3.05, 3.63) is 155 Å². The van der Waals surface area contributed by atoms with Gasteiger partial charge >= 0.3 is 0 Å². The number of hydrogen-bond donors (Lipinski definition) is 4. The van der Waals surface area contributed by atoms with E-state index in [2.05, 4.69) is 139 Å². The molecule has 0 aliphatic carbocycles. The lowest BCUT2D eigenvalue weighted by atomic mass is 9.93. The minimum Gasteiger partial charge on any atom is -0.384 e. The molecule has 0 saturated carbocycles. The predicted octanol–water partition coefficient (Wildman–Crippen LogP) is 8.04. The average Bonchev–Trinajstić information content (AvgIpc) is 2.66. The number of pyridine rings is 2. The maximum atomic E-state index is 14.2. The Hall–Kier alpha value is -8.96. The molecule has 2 aliphatic rings. The van der Waals surface area contributed by atoms with Crippen LogP contribution in [-0.4, -0.2) is 144 Å². The van der Waals surface area contributed by atoms with E-state index in [-0.39, 0.29) is 36.2 Å². The number of allylic oxidation sites excluding steroid dienone is 2. The monoisotopic (exact) mass is 1150 g/mol. The largest absolute Gasteiger partial charge is 0.384 e. The molecule has 0 amide bonds. The molecule has 22 nitrogen and oxygen atoms in total. The van der Waals surface area contributed by atoms with Crippen LogP contribution in [0.4, 0.5) is 34.6 Å². The number of piperazine rings is 2. The molecule has 2 atom stereocenters. The number of rotatable bonds is 19. The van der Waals surface area contributed by atoms with Gasteiger partial charge in [-0.15, -0.1) is 13.2 Å². The summed E-state index contributed by atoms with van der Waals surface area (Å²) in [5, 5.41) is 33.2. The Morgan fingerprint density at radius 2 is 1.11 bits per heavy atom. The zero-order valence-electron chi connectivity index (χ0n) is 49.4. The van der Waals surface area contributed by atoms with Gasteiger partial charge in [0.2, 0.25) is 11.9 Å². The molecule has 10 aromatic rings. The fourth-order valence-corrected chi connectivity index (χ4v) is 11.9. The molecule has 0 bridgehead atoms. The summed E-state index contributed by atoms with van der Waals surface area (Å²) in [5.41, 5.74) is 4.29. The zero-order valence-corrected chi connectivity index (χ0v) is 49.4. The van der Waals surface area contributed by atoms with Crippen LogP contribution in [0.15, 0.2) is 132 Å². The van der Waals surface area contributed by atoms with Gasteiger partial charge < -0.3 is 49.6 Å². The molecule has 0 spiro atoms. The highest BCUT2D eigenvalue weighted by atomic mass is 16.3. The Morgan fingerprint density at radius 1 is 0.624 bits per heavy atom. The number of fused-ring (bicyclic) bond motifs is 4. The van der Waals surface area contributed by atoms with Gasteiger partial charge in [-0.2, -0.15) is 9.97 Å². The van der Waals surface area contributed by atoms with Crippen LogP contribution in [0, 0.1) is 0 Å². The first-order valence-corrected chi connectivity index (χ1v) is 29.2. The molecule has 12 rings (SSSR count).